The molecule has 1 heterocycles. The van der Waals surface area contributed by atoms with Crippen molar-refractivity contribution < 1.29 is 14.2 Å². The Kier molecular flexibility index (Phi) is 4.19. The Morgan fingerprint density at radius 3 is 3.18 bits per heavy atom. The molecule has 1 fully saturated rings. The summed E-state index contributed by atoms with van der Waals surface area (Å²) in [6.07, 6.45) is 2.89. The van der Waals surface area contributed by atoms with E-state index in [1.165, 1.54) is 0 Å². The van der Waals surface area contributed by atoms with E-state index in [0.717, 1.165) is 13.0 Å². The summed E-state index contributed by atoms with van der Waals surface area (Å²) in [5.74, 6) is 0. The molecule has 3 nitrogen and oxygen atoms in total. The van der Waals surface area contributed by atoms with Gasteiger partial charge >= 0.3 is 0 Å². The zero-order valence-electron chi connectivity index (χ0n) is 6.62. The van der Waals surface area contributed by atoms with Gasteiger partial charge in [0.1, 0.15) is 6.79 Å². The molecule has 0 N–H and O–H groups in total. The first-order valence-corrected chi connectivity index (χ1v) is 3.81. The van der Waals surface area contributed by atoms with Crippen LogP contribution in [0.2, 0.25) is 0 Å². The molecule has 1 aliphatic rings. The summed E-state index contributed by atoms with van der Waals surface area (Å²) < 4.78 is 15.4. The average molecular weight is 158 g/mol. The van der Waals surface area contributed by atoms with Gasteiger partial charge in [-0.15, -0.1) is 6.58 Å². The van der Waals surface area contributed by atoms with E-state index in [1.807, 2.05) is 0 Å². The lowest BCUT2D eigenvalue weighted by atomic mass is 10.3. The molecule has 64 valence electrons. The molecule has 0 aromatic carbocycles. The summed E-state index contributed by atoms with van der Waals surface area (Å²) in [6, 6.07) is 0. The maximum absolute atomic E-state index is 5.21. The van der Waals surface area contributed by atoms with E-state index in [0.29, 0.717) is 20.0 Å². The molecule has 1 atom stereocenters. The molecular weight excluding hydrogens is 144 g/mol. The quantitative estimate of drug-likeness (QED) is 0.440. The van der Waals surface area contributed by atoms with Crippen molar-refractivity contribution in [2.75, 3.05) is 26.6 Å². The highest BCUT2D eigenvalue weighted by atomic mass is 16.7. The van der Waals surface area contributed by atoms with Crippen LogP contribution in [0.3, 0.4) is 0 Å². The molecule has 1 aliphatic heterocycles. The fourth-order valence-electron chi connectivity index (χ4n) is 0.920. The number of ether oxygens (including phenoxy) is 3. The summed E-state index contributed by atoms with van der Waals surface area (Å²) in [6.45, 7) is 6.03. The summed E-state index contributed by atoms with van der Waals surface area (Å²) in [5, 5.41) is 0. The largest absolute Gasteiger partial charge is 0.377 e. The van der Waals surface area contributed by atoms with E-state index < -0.39 is 0 Å². The number of hydrogen-bond acceptors (Lipinski definition) is 3. The van der Waals surface area contributed by atoms with Crippen molar-refractivity contribution in [3.8, 4) is 0 Å². The normalized spacial score (nSPS) is 23.8. The van der Waals surface area contributed by atoms with E-state index in [-0.39, 0.29) is 6.10 Å². The Labute approximate surface area is 66.9 Å². The standard InChI is InChI=1S/C8H14O3/c1-2-4-9-5-3-8-6-10-7-11-8/h2,8H,1,3-7H2. The Hall–Kier alpha value is -0.380. The molecule has 0 bridgehead atoms. The van der Waals surface area contributed by atoms with Gasteiger partial charge in [0.2, 0.25) is 0 Å². The molecule has 0 radical (unpaired) electrons. The lowest BCUT2D eigenvalue weighted by Crippen LogP contribution is -2.12. The molecule has 0 amide bonds. The van der Waals surface area contributed by atoms with Gasteiger partial charge in [-0.25, -0.2) is 0 Å². The van der Waals surface area contributed by atoms with E-state index in [9.17, 15) is 0 Å². The van der Waals surface area contributed by atoms with Crippen molar-refractivity contribution in [2.24, 2.45) is 0 Å². The summed E-state index contributed by atoms with van der Waals surface area (Å²) >= 11 is 0. The van der Waals surface area contributed by atoms with Crippen LogP contribution in [-0.2, 0) is 14.2 Å². The van der Waals surface area contributed by atoms with Gasteiger partial charge in [-0.05, 0) is 6.42 Å². The zero-order valence-corrected chi connectivity index (χ0v) is 6.62. The molecule has 0 aliphatic carbocycles. The second kappa shape index (κ2) is 5.29. The highest BCUT2D eigenvalue weighted by Crippen LogP contribution is 2.06. The van der Waals surface area contributed by atoms with Crippen LogP contribution in [0.4, 0.5) is 0 Å². The van der Waals surface area contributed by atoms with Crippen molar-refractivity contribution in [1.82, 2.24) is 0 Å². The first-order valence-electron chi connectivity index (χ1n) is 3.81. The van der Waals surface area contributed by atoms with Crippen LogP contribution in [0.25, 0.3) is 0 Å². The molecule has 1 unspecified atom stereocenters. The third kappa shape index (κ3) is 3.51. The first-order chi connectivity index (χ1) is 5.43. The zero-order chi connectivity index (χ0) is 7.94. The van der Waals surface area contributed by atoms with E-state index in [4.69, 9.17) is 14.2 Å². The highest BCUT2D eigenvalue weighted by molar-refractivity contribution is 4.65. The van der Waals surface area contributed by atoms with Crippen molar-refractivity contribution in [3.05, 3.63) is 12.7 Å². The third-order valence-electron chi connectivity index (χ3n) is 1.51. The highest BCUT2D eigenvalue weighted by Gasteiger charge is 2.14. The molecule has 3 heteroatoms. The van der Waals surface area contributed by atoms with Crippen LogP contribution in [0.1, 0.15) is 6.42 Å². The second-order valence-corrected chi connectivity index (χ2v) is 2.43. The summed E-state index contributed by atoms with van der Waals surface area (Å²) in [7, 11) is 0. The summed E-state index contributed by atoms with van der Waals surface area (Å²) in [5.41, 5.74) is 0. The predicted molar refractivity (Wildman–Crippen MR) is 41.3 cm³/mol. The molecule has 1 rings (SSSR count). The number of hydrogen-bond donors (Lipinski definition) is 0. The van der Waals surface area contributed by atoms with Gasteiger partial charge in [0.05, 0.1) is 19.3 Å². The van der Waals surface area contributed by atoms with Crippen LogP contribution in [0.5, 0.6) is 0 Å². The Morgan fingerprint density at radius 2 is 2.55 bits per heavy atom. The van der Waals surface area contributed by atoms with Crippen molar-refractivity contribution >= 4 is 0 Å². The Balaban J connectivity index is 1.89. The maximum Gasteiger partial charge on any atom is 0.147 e. The lowest BCUT2D eigenvalue weighted by molar-refractivity contribution is 0.0343. The molecule has 11 heavy (non-hydrogen) atoms. The van der Waals surface area contributed by atoms with Crippen LogP contribution >= 0.6 is 0 Å². The van der Waals surface area contributed by atoms with E-state index in [1.54, 1.807) is 6.08 Å². The van der Waals surface area contributed by atoms with Crippen LogP contribution < -0.4 is 0 Å². The van der Waals surface area contributed by atoms with Crippen LogP contribution in [0.15, 0.2) is 12.7 Å². The molecule has 0 aromatic heterocycles. The van der Waals surface area contributed by atoms with Crippen molar-refractivity contribution in [1.29, 1.82) is 0 Å². The minimum absolute atomic E-state index is 0.236. The molecular formula is C8H14O3. The van der Waals surface area contributed by atoms with Gasteiger partial charge in [0, 0.05) is 6.61 Å². The summed E-state index contributed by atoms with van der Waals surface area (Å²) in [4.78, 5) is 0. The molecule has 0 saturated carbocycles. The Bertz CT molecular complexity index is 108. The van der Waals surface area contributed by atoms with Gasteiger partial charge in [0.25, 0.3) is 0 Å². The second-order valence-electron chi connectivity index (χ2n) is 2.43. The van der Waals surface area contributed by atoms with Crippen molar-refractivity contribution in [2.45, 2.75) is 12.5 Å². The first kappa shape index (κ1) is 8.71. The smallest absolute Gasteiger partial charge is 0.147 e. The van der Waals surface area contributed by atoms with Crippen LogP contribution in [-0.4, -0.2) is 32.7 Å². The van der Waals surface area contributed by atoms with Crippen LogP contribution in [0, 0.1) is 0 Å². The maximum atomic E-state index is 5.21. The van der Waals surface area contributed by atoms with E-state index >= 15 is 0 Å². The minimum atomic E-state index is 0.236. The van der Waals surface area contributed by atoms with Gasteiger partial charge in [-0.1, -0.05) is 6.08 Å². The fourth-order valence-corrected chi connectivity index (χ4v) is 0.920. The van der Waals surface area contributed by atoms with Gasteiger partial charge < -0.3 is 14.2 Å². The lowest BCUT2D eigenvalue weighted by Gasteiger charge is -2.05. The number of rotatable bonds is 5. The van der Waals surface area contributed by atoms with E-state index in [2.05, 4.69) is 6.58 Å². The fraction of sp³-hybridized carbons (Fsp3) is 0.750. The minimum Gasteiger partial charge on any atom is -0.377 e. The average Bonchev–Trinajstić information content (AvgIpc) is 2.50. The molecule has 0 aromatic rings. The SMILES string of the molecule is C=CCOCCC1COCO1. The topological polar surface area (TPSA) is 27.7 Å². The monoisotopic (exact) mass is 158 g/mol. The van der Waals surface area contributed by atoms with Gasteiger partial charge in [0.15, 0.2) is 0 Å². The molecule has 1 saturated heterocycles. The molecule has 0 spiro atoms. The van der Waals surface area contributed by atoms with Gasteiger partial charge in [-0.2, -0.15) is 0 Å². The third-order valence-corrected chi connectivity index (χ3v) is 1.51. The predicted octanol–water partition coefficient (Wildman–Crippen LogP) is 0.952. The van der Waals surface area contributed by atoms with Crippen molar-refractivity contribution in [3.63, 3.8) is 0 Å². The Morgan fingerprint density at radius 1 is 1.64 bits per heavy atom. The van der Waals surface area contributed by atoms with Gasteiger partial charge in [-0.3, -0.25) is 0 Å².